The second-order valence-electron chi connectivity index (χ2n) is 4.74. The first-order valence-electron chi connectivity index (χ1n) is 6.87. The van der Waals surface area contributed by atoms with Gasteiger partial charge >= 0.3 is 0 Å². The summed E-state index contributed by atoms with van der Waals surface area (Å²) in [5, 5.41) is 34.5. The molecule has 2 N–H and O–H groups in total. The highest BCUT2D eigenvalue weighted by molar-refractivity contribution is 5.52. The van der Waals surface area contributed by atoms with E-state index in [0.717, 1.165) is 0 Å². The number of nitro benzene ring substituents is 2. The number of aliphatic hydroxyl groups excluding tert-OH is 1. The van der Waals surface area contributed by atoms with Gasteiger partial charge < -0.3 is 10.4 Å². The molecule has 0 fully saturated rings. The van der Waals surface area contributed by atoms with Crippen LogP contribution in [0.4, 0.5) is 11.4 Å². The van der Waals surface area contributed by atoms with Crippen LogP contribution < -0.4 is 5.32 Å². The number of aliphatic hydroxyl groups is 1. The second-order valence-corrected chi connectivity index (χ2v) is 4.74. The van der Waals surface area contributed by atoms with Crippen molar-refractivity contribution in [2.75, 3.05) is 13.2 Å². The molecule has 8 heteroatoms. The molecule has 0 atom stereocenters. The Morgan fingerprint density at radius 2 is 1.35 bits per heavy atom. The lowest BCUT2D eigenvalue weighted by Gasteiger charge is -2.19. The van der Waals surface area contributed by atoms with Crippen LogP contribution >= 0.6 is 0 Å². The summed E-state index contributed by atoms with van der Waals surface area (Å²) >= 11 is 0. The standard InChI is InChI=1S/C15H15N3O5/c19-10-9-16-15(11-5-1-3-7-13(11)17(20)21)12-6-2-4-8-14(12)18(22)23/h1-8,15-16,19H,9-10H2. The predicted molar refractivity (Wildman–Crippen MR) is 83.1 cm³/mol. The third kappa shape index (κ3) is 3.68. The molecular weight excluding hydrogens is 302 g/mol. The highest BCUT2D eigenvalue weighted by Gasteiger charge is 2.28. The summed E-state index contributed by atoms with van der Waals surface area (Å²) in [5.41, 5.74) is 0.336. The summed E-state index contributed by atoms with van der Waals surface area (Å²) in [4.78, 5) is 21.4. The maximum Gasteiger partial charge on any atom is 0.274 e. The van der Waals surface area contributed by atoms with Crippen LogP contribution in [0.25, 0.3) is 0 Å². The van der Waals surface area contributed by atoms with E-state index in [1.807, 2.05) is 0 Å². The number of hydrogen-bond donors (Lipinski definition) is 2. The Morgan fingerprint density at radius 1 is 0.913 bits per heavy atom. The Kier molecular flexibility index (Phi) is 5.34. The van der Waals surface area contributed by atoms with E-state index in [1.54, 1.807) is 24.3 Å². The highest BCUT2D eigenvalue weighted by atomic mass is 16.6. The van der Waals surface area contributed by atoms with Gasteiger partial charge in [-0.05, 0) is 0 Å². The molecule has 0 unspecified atom stereocenters. The molecule has 0 aliphatic rings. The third-order valence-corrected chi connectivity index (χ3v) is 3.35. The molecule has 0 radical (unpaired) electrons. The fourth-order valence-electron chi connectivity index (χ4n) is 2.39. The van der Waals surface area contributed by atoms with E-state index < -0.39 is 15.9 Å². The van der Waals surface area contributed by atoms with Gasteiger partial charge in [-0.25, -0.2) is 0 Å². The van der Waals surface area contributed by atoms with Crippen molar-refractivity contribution >= 4 is 11.4 Å². The molecule has 0 saturated carbocycles. The first-order valence-corrected chi connectivity index (χ1v) is 6.87. The van der Waals surface area contributed by atoms with Crippen molar-refractivity contribution in [3.63, 3.8) is 0 Å². The smallest absolute Gasteiger partial charge is 0.274 e. The number of para-hydroxylation sites is 2. The summed E-state index contributed by atoms with van der Waals surface area (Å²) in [7, 11) is 0. The van der Waals surface area contributed by atoms with E-state index in [0.29, 0.717) is 11.1 Å². The van der Waals surface area contributed by atoms with Crippen LogP contribution in [0.15, 0.2) is 48.5 Å². The van der Waals surface area contributed by atoms with Crippen molar-refractivity contribution in [2.24, 2.45) is 0 Å². The minimum atomic E-state index is -0.773. The van der Waals surface area contributed by atoms with Gasteiger partial charge in [0.25, 0.3) is 11.4 Å². The zero-order chi connectivity index (χ0) is 16.8. The number of hydrogen-bond acceptors (Lipinski definition) is 6. The maximum absolute atomic E-state index is 11.2. The summed E-state index contributed by atoms with van der Waals surface area (Å²) in [6, 6.07) is 11.3. The summed E-state index contributed by atoms with van der Waals surface area (Å²) in [6.45, 7) is -0.0550. The zero-order valence-corrected chi connectivity index (χ0v) is 12.1. The zero-order valence-electron chi connectivity index (χ0n) is 12.1. The SMILES string of the molecule is O=[N+]([O-])c1ccccc1C(NCCO)c1ccccc1[N+](=O)[O-]. The molecule has 0 amide bonds. The summed E-state index contributed by atoms with van der Waals surface area (Å²) in [6.07, 6.45) is 0. The monoisotopic (exact) mass is 317 g/mol. The fourth-order valence-corrected chi connectivity index (χ4v) is 2.39. The first kappa shape index (κ1) is 16.5. The van der Waals surface area contributed by atoms with Gasteiger partial charge in [0.15, 0.2) is 0 Å². The van der Waals surface area contributed by atoms with E-state index in [2.05, 4.69) is 5.32 Å². The molecular formula is C15H15N3O5. The number of rotatable bonds is 7. The molecule has 8 nitrogen and oxygen atoms in total. The Labute approximate surface area is 131 Å². The Morgan fingerprint density at radius 3 is 1.74 bits per heavy atom. The van der Waals surface area contributed by atoms with Crippen LogP contribution in [0.5, 0.6) is 0 Å². The van der Waals surface area contributed by atoms with Gasteiger partial charge in [0.2, 0.25) is 0 Å². The lowest BCUT2D eigenvalue weighted by atomic mass is 9.95. The quantitative estimate of drug-likeness (QED) is 0.596. The average molecular weight is 317 g/mol. The predicted octanol–water partition coefficient (Wildman–Crippen LogP) is 2.17. The van der Waals surface area contributed by atoms with Crippen LogP contribution in [0, 0.1) is 20.2 Å². The van der Waals surface area contributed by atoms with E-state index in [-0.39, 0.29) is 24.5 Å². The summed E-state index contributed by atoms with van der Waals surface area (Å²) in [5.74, 6) is 0. The van der Waals surface area contributed by atoms with Gasteiger partial charge in [-0.15, -0.1) is 0 Å². The molecule has 2 aromatic rings. The number of benzene rings is 2. The second kappa shape index (κ2) is 7.43. The fraction of sp³-hybridized carbons (Fsp3) is 0.200. The molecule has 120 valence electrons. The van der Waals surface area contributed by atoms with Crippen molar-refractivity contribution in [2.45, 2.75) is 6.04 Å². The maximum atomic E-state index is 11.2. The minimum Gasteiger partial charge on any atom is -0.395 e. The molecule has 2 rings (SSSR count). The first-order chi connectivity index (χ1) is 11.1. The average Bonchev–Trinajstić information content (AvgIpc) is 2.55. The third-order valence-electron chi connectivity index (χ3n) is 3.35. The highest BCUT2D eigenvalue weighted by Crippen LogP contribution is 2.34. The van der Waals surface area contributed by atoms with Crippen LogP contribution in [0.2, 0.25) is 0 Å². The van der Waals surface area contributed by atoms with Gasteiger partial charge in [0.05, 0.1) is 33.6 Å². The molecule has 23 heavy (non-hydrogen) atoms. The lowest BCUT2D eigenvalue weighted by Crippen LogP contribution is -2.26. The van der Waals surface area contributed by atoms with Crippen LogP contribution in [0.3, 0.4) is 0 Å². The number of nitro groups is 2. The van der Waals surface area contributed by atoms with E-state index in [4.69, 9.17) is 5.11 Å². The Balaban J connectivity index is 2.59. The van der Waals surface area contributed by atoms with Gasteiger partial charge in [-0.2, -0.15) is 0 Å². The van der Waals surface area contributed by atoms with Crippen LogP contribution in [0.1, 0.15) is 17.2 Å². The van der Waals surface area contributed by atoms with E-state index in [1.165, 1.54) is 24.3 Å². The molecule has 2 aromatic carbocycles. The van der Waals surface area contributed by atoms with Crippen molar-refractivity contribution < 1.29 is 15.0 Å². The Bertz CT molecular complexity index is 662. The minimum absolute atomic E-state index is 0.138. The topological polar surface area (TPSA) is 119 Å². The van der Waals surface area contributed by atoms with Crippen molar-refractivity contribution in [1.29, 1.82) is 0 Å². The molecule has 0 heterocycles. The van der Waals surface area contributed by atoms with Crippen LogP contribution in [-0.2, 0) is 0 Å². The Hall–Kier alpha value is -2.84. The largest absolute Gasteiger partial charge is 0.395 e. The van der Waals surface area contributed by atoms with Gasteiger partial charge in [0, 0.05) is 18.7 Å². The molecule has 0 aliphatic carbocycles. The number of nitrogens with one attached hydrogen (secondary N) is 1. The number of nitrogens with zero attached hydrogens (tertiary/aromatic N) is 2. The van der Waals surface area contributed by atoms with Gasteiger partial charge in [0.1, 0.15) is 0 Å². The molecule has 0 spiro atoms. The lowest BCUT2D eigenvalue weighted by molar-refractivity contribution is -0.386. The van der Waals surface area contributed by atoms with Crippen molar-refractivity contribution in [1.82, 2.24) is 5.32 Å². The molecule has 0 bridgehead atoms. The van der Waals surface area contributed by atoms with Gasteiger partial charge in [-0.3, -0.25) is 20.2 Å². The van der Waals surface area contributed by atoms with Crippen LogP contribution in [-0.4, -0.2) is 28.1 Å². The normalized spacial score (nSPS) is 10.7. The van der Waals surface area contributed by atoms with E-state index >= 15 is 0 Å². The summed E-state index contributed by atoms with van der Waals surface area (Å²) < 4.78 is 0. The molecule has 0 aliphatic heterocycles. The van der Waals surface area contributed by atoms with E-state index in [9.17, 15) is 20.2 Å². The molecule has 0 aromatic heterocycles. The van der Waals surface area contributed by atoms with Crippen molar-refractivity contribution in [3.05, 3.63) is 79.9 Å². The van der Waals surface area contributed by atoms with Gasteiger partial charge in [-0.1, -0.05) is 36.4 Å². The molecule has 0 saturated heterocycles. The van der Waals surface area contributed by atoms with Crippen molar-refractivity contribution in [3.8, 4) is 0 Å².